The lowest BCUT2D eigenvalue weighted by molar-refractivity contribution is -0.116. The summed E-state index contributed by atoms with van der Waals surface area (Å²) in [5, 5.41) is 7.63. The molecule has 2 aromatic carbocycles. The van der Waals surface area contributed by atoms with Gasteiger partial charge in [-0.3, -0.25) is 9.78 Å². The predicted octanol–water partition coefficient (Wildman–Crippen LogP) is 6.06. The number of halogens is 1. The number of hydrogen-bond acceptors (Lipinski definition) is 3. The van der Waals surface area contributed by atoms with Gasteiger partial charge >= 0.3 is 0 Å². The Bertz CT molecular complexity index is 1450. The maximum Gasteiger partial charge on any atom is 0.244 e. The number of para-hydroxylation sites is 1. The first-order valence-corrected chi connectivity index (χ1v) is 12.9. The monoisotopic (exact) mass is 529 g/mol. The van der Waals surface area contributed by atoms with Crippen molar-refractivity contribution in [2.24, 2.45) is 0 Å². The molecule has 1 amide bonds. The number of hydrogen-bond donors (Lipinski definition) is 2. The van der Waals surface area contributed by atoms with E-state index in [0.717, 1.165) is 39.6 Å². The molecule has 3 heterocycles. The van der Waals surface area contributed by atoms with Gasteiger partial charge in [0, 0.05) is 34.0 Å². The van der Waals surface area contributed by atoms with E-state index >= 15 is 0 Å². The highest BCUT2D eigenvalue weighted by Gasteiger charge is 2.42. The molecule has 2 atom stereocenters. The van der Waals surface area contributed by atoms with Gasteiger partial charge in [-0.05, 0) is 86.6 Å². The van der Waals surface area contributed by atoms with Crippen LogP contribution in [0.3, 0.4) is 0 Å². The second kappa shape index (κ2) is 10.4. The summed E-state index contributed by atoms with van der Waals surface area (Å²) in [5.41, 5.74) is 6.98. The fourth-order valence-corrected chi connectivity index (χ4v) is 5.54. The summed E-state index contributed by atoms with van der Waals surface area (Å²) in [7, 11) is 0. The first-order valence-electron chi connectivity index (χ1n) is 12.1. The number of carbonyl (C=O) groups is 1. The minimum absolute atomic E-state index is 0.106. The first-order chi connectivity index (χ1) is 17.8. The molecule has 8 heteroatoms. The molecule has 2 aromatic heterocycles. The predicted molar refractivity (Wildman–Crippen MR) is 152 cm³/mol. The van der Waals surface area contributed by atoms with Gasteiger partial charge in [-0.25, -0.2) is 0 Å². The Kier molecular flexibility index (Phi) is 7.00. The molecule has 5 rings (SSSR count). The fraction of sp³-hybridized carbons (Fsp3) is 0.207. The molecule has 1 fully saturated rings. The van der Waals surface area contributed by atoms with Gasteiger partial charge in [0.2, 0.25) is 5.91 Å². The summed E-state index contributed by atoms with van der Waals surface area (Å²) in [6, 6.07) is 22.9. The molecule has 0 spiro atoms. The summed E-state index contributed by atoms with van der Waals surface area (Å²) >= 11 is 12.1. The zero-order valence-electron chi connectivity index (χ0n) is 20.9. The van der Waals surface area contributed by atoms with Crippen molar-refractivity contribution in [3.8, 4) is 5.69 Å². The third-order valence-electron chi connectivity index (χ3n) is 6.77. The number of benzene rings is 2. The highest BCUT2D eigenvalue weighted by Crippen LogP contribution is 2.41. The SMILES string of the molecule is Cc1ccc(Cl)cc1-n1c(C)cc(C2C(c3ccccn3)NC(=S)N2CC(=O)Nc2ccccc2)c1C. The summed E-state index contributed by atoms with van der Waals surface area (Å²) in [5.74, 6) is -0.137. The Morgan fingerprint density at radius 1 is 1.05 bits per heavy atom. The molecular formula is C29H28ClN5OS. The van der Waals surface area contributed by atoms with Crippen LogP contribution in [0.1, 0.15) is 40.3 Å². The zero-order chi connectivity index (χ0) is 26.1. The molecule has 4 aromatic rings. The number of nitrogens with one attached hydrogen (secondary N) is 2. The van der Waals surface area contributed by atoms with Crippen molar-refractivity contribution >= 4 is 40.5 Å². The van der Waals surface area contributed by atoms with Crippen molar-refractivity contribution in [1.82, 2.24) is 19.8 Å². The molecule has 37 heavy (non-hydrogen) atoms. The molecule has 2 N–H and O–H groups in total. The van der Waals surface area contributed by atoms with E-state index in [1.54, 1.807) is 6.20 Å². The Morgan fingerprint density at radius 2 is 1.81 bits per heavy atom. The topological polar surface area (TPSA) is 62.2 Å². The van der Waals surface area contributed by atoms with E-state index in [-0.39, 0.29) is 24.5 Å². The van der Waals surface area contributed by atoms with Gasteiger partial charge in [0.15, 0.2) is 5.11 Å². The number of nitrogens with zero attached hydrogens (tertiary/aromatic N) is 3. The second-order valence-corrected chi connectivity index (χ2v) is 10.1. The van der Waals surface area contributed by atoms with E-state index in [2.05, 4.69) is 47.0 Å². The van der Waals surface area contributed by atoms with Crippen LogP contribution in [-0.2, 0) is 4.79 Å². The van der Waals surface area contributed by atoms with E-state index in [4.69, 9.17) is 23.8 Å². The minimum Gasteiger partial charge on any atom is -0.352 e. The molecule has 6 nitrogen and oxygen atoms in total. The van der Waals surface area contributed by atoms with Gasteiger partial charge < -0.3 is 20.1 Å². The number of aromatic nitrogens is 2. The normalized spacial score (nSPS) is 17.1. The van der Waals surface area contributed by atoms with Crippen molar-refractivity contribution in [2.75, 3.05) is 11.9 Å². The van der Waals surface area contributed by atoms with Crippen molar-refractivity contribution in [3.05, 3.63) is 112 Å². The Hall–Kier alpha value is -3.68. The highest BCUT2D eigenvalue weighted by atomic mass is 35.5. The van der Waals surface area contributed by atoms with Crippen LogP contribution < -0.4 is 10.6 Å². The van der Waals surface area contributed by atoms with E-state index in [9.17, 15) is 4.79 Å². The quantitative estimate of drug-likeness (QED) is 0.297. The summed E-state index contributed by atoms with van der Waals surface area (Å²) in [6.07, 6.45) is 1.78. The maximum absolute atomic E-state index is 13.1. The van der Waals surface area contributed by atoms with Crippen LogP contribution >= 0.6 is 23.8 Å². The first kappa shape index (κ1) is 25.0. The highest BCUT2D eigenvalue weighted by molar-refractivity contribution is 7.80. The lowest BCUT2D eigenvalue weighted by atomic mass is 9.96. The van der Waals surface area contributed by atoms with Gasteiger partial charge in [-0.1, -0.05) is 41.9 Å². The number of amides is 1. The maximum atomic E-state index is 13.1. The van der Waals surface area contributed by atoms with Crippen LogP contribution in [0, 0.1) is 20.8 Å². The average Bonchev–Trinajstić information content (AvgIpc) is 3.36. The number of aryl methyl sites for hydroxylation is 2. The van der Waals surface area contributed by atoms with Crippen LogP contribution in [0.15, 0.2) is 79.0 Å². The summed E-state index contributed by atoms with van der Waals surface area (Å²) < 4.78 is 2.22. The fourth-order valence-electron chi connectivity index (χ4n) is 5.07. The van der Waals surface area contributed by atoms with Gasteiger partial charge in [-0.2, -0.15) is 0 Å². The van der Waals surface area contributed by atoms with Crippen LogP contribution in [0.2, 0.25) is 5.02 Å². The minimum atomic E-state index is -0.233. The zero-order valence-corrected chi connectivity index (χ0v) is 22.5. The van der Waals surface area contributed by atoms with Crippen LogP contribution in [0.5, 0.6) is 0 Å². The summed E-state index contributed by atoms with van der Waals surface area (Å²) in [4.78, 5) is 19.7. The second-order valence-electron chi connectivity index (χ2n) is 9.26. The van der Waals surface area contributed by atoms with E-state index in [1.807, 2.05) is 71.6 Å². The van der Waals surface area contributed by atoms with Crippen molar-refractivity contribution in [3.63, 3.8) is 0 Å². The number of rotatable bonds is 6. The Balaban J connectivity index is 1.56. The molecule has 1 aliphatic heterocycles. The largest absolute Gasteiger partial charge is 0.352 e. The van der Waals surface area contributed by atoms with Crippen molar-refractivity contribution in [1.29, 1.82) is 0 Å². The molecular weight excluding hydrogens is 502 g/mol. The molecule has 1 aliphatic rings. The van der Waals surface area contributed by atoms with Gasteiger partial charge in [0.05, 0.1) is 17.8 Å². The molecule has 188 valence electrons. The molecule has 0 saturated carbocycles. The lowest BCUT2D eigenvalue weighted by Gasteiger charge is -2.27. The average molecular weight is 530 g/mol. The number of pyridine rings is 1. The number of thiocarbonyl (C=S) groups is 1. The van der Waals surface area contributed by atoms with Crippen LogP contribution in [0.4, 0.5) is 5.69 Å². The van der Waals surface area contributed by atoms with E-state index in [1.165, 1.54) is 0 Å². The van der Waals surface area contributed by atoms with E-state index < -0.39 is 0 Å². The number of carbonyl (C=O) groups excluding carboxylic acids is 1. The van der Waals surface area contributed by atoms with E-state index in [0.29, 0.717) is 10.1 Å². The smallest absolute Gasteiger partial charge is 0.244 e. The van der Waals surface area contributed by atoms with Gasteiger partial charge in [0.1, 0.15) is 6.54 Å². The Morgan fingerprint density at radius 3 is 2.54 bits per heavy atom. The third kappa shape index (κ3) is 4.97. The molecule has 0 radical (unpaired) electrons. The van der Waals surface area contributed by atoms with Gasteiger partial charge in [0.25, 0.3) is 0 Å². The number of anilines is 1. The molecule has 1 saturated heterocycles. The standard InChI is InChI=1S/C29H28ClN5OS/c1-18-12-13-21(30)16-25(18)35-19(2)15-23(20(35)3)28-27(24-11-7-8-14-31-24)33-29(37)34(28)17-26(36)32-22-9-5-4-6-10-22/h4-16,27-28H,17H2,1-3H3,(H,32,36)(H,33,37). The van der Waals surface area contributed by atoms with Crippen molar-refractivity contribution < 1.29 is 4.79 Å². The van der Waals surface area contributed by atoms with Crippen LogP contribution in [-0.4, -0.2) is 32.0 Å². The molecule has 2 unspecified atom stereocenters. The third-order valence-corrected chi connectivity index (χ3v) is 7.36. The van der Waals surface area contributed by atoms with Gasteiger partial charge in [-0.15, -0.1) is 0 Å². The lowest BCUT2D eigenvalue weighted by Crippen LogP contribution is -2.37. The summed E-state index contributed by atoms with van der Waals surface area (Å²) in [6.45, 7) is 6.36. The van der Waals surface area contributed by atoms with Crippen LogP contribution in [0.25, 0.3) is 5.69 Å². The van der Waals surface area contributed by atoms with Crippen molar-refractivity contribution in [2.45, 2.75) is 32.9 Å². The molecule has 0 aliphatic carbocycles. The molecule has 0 bridgehead atoms. The Labute approximate surface area is 227 Å².